The molecule has 1 heterocycles. The molecule has 1 aromatic carbocycles. The SMILES string of the molecule is NC1(C(=O)Nc2cc(C(F)(F)F)ccc2O)CCOC1. The zero-order chi connectivity index (χ0) is 15.0. The summed E-state index contributed by atoms with van der Waals surface area (Å²) in [6.07, 6.45) is -4.30. The number of anilines is 1. The molecular formula is C12H13F3N2O3. The predicted molar refractivity (Wildman–Crippen MR) is 64.1 cm³/mol. The Morgan fingerprint density at radius 1 is 1.45 bits per heavy atom. The van der Waals surface area contributed by atoms with E-state index in [2.05, 4.69) is 5.32 Å². The van der Waals surface area contributed by atoms with E-state index in [-0.39, 0.29) is 18.7 Å². The van der Waals surface area contributed by atoms with Gasteiger partial charge in [0.1, 0.15) is 11.3 Å². The van der Waals surface area contributed by atoms with Crippen molar-refractivity contribution < 1.29 is 27.8 Å². The number of carbonyl (C=O) groups excluding carboxylic acids is 1. The Kier molecular flexibility index (Phi) is 3.61. The molecule has 5 nitrogen and oxygen atoms in total. The molecule has 0 saturated carbocycles. The molecule has 1 atom stereocenters. The summed E-state index contributed by atoms with van der Waals surface area (Å²) in [6, 6.07) is 2.25. The van der Waals surface area contributed by atoms with Gasteiger partial charge in [-0.3, -0.25) is 4.79 Å². The van der Waals surface area contributed by atoms with E-state index in [1.807, 2.05) is 0 Å². The van der Waals surface area contributed by atoms with Crippen molar-refractivity contribution >= 4 is 11.6 Å². The van der Waals surface area contributed by atoms with Gasteiger partial charge in [-0.15, -0.1) is 0 Å². The molecule has 2 rings (SSSR count). The topological polar surface area (TPSA) is 84.6 Å². The van der Waals surface area contributed by atoms with E-state index < -0.39 is 28.9 Å². The van der Waals surface area contributed by atoms with Crippen LogP contribution in [0.3, 0.4) is 0 Å². The lowest BCUT2D eigenvalue weighted by atomic mass is 9.99. The van der Waals surface area contributed by atoms with Crippen molar-refractivity contribution in [2.75, 3.05) is 18.5 Å². The van der Waals surface area contributed by atoms with Gasteiger partial charge < -0.3 is 20.9 Å². The van der Waals surface area contributed by atoms with Gasteiger partial charge in [0.05, 0.1) is 17.9 Å². The van der Waals surface area contributed by atoms with E-state index in [1.165, 1.54) is 0 Å². The minimum atomic E-state index is -4.57. The van der Waals surface area contributed by atoms with E-state index in [0.717, 1.165) is 12.1 Å². The first kappa shape index (κ1) is 14.6. The van der Waals surface area contributed by atoms with Gasteiger partial charge in [-0.1, -0.05) is 0 Å². The van der Waals surface area contributed by atoms with Crippen molar-refractivity contribution in [1.29, 1.82) is 0 Å². The van der Waals surface area contributed by atoms with Gasteiger partial charge >= 0.3 is 6.18 Å². The first-order chi connectivity index (χ1) is 9.22. The van der Waals surface area contributed by atoms with Gasteiger partial charge in [-0.2, -0.15) is 13.2 Å². The molecule has 4 N–H and O–H groups in total. The summed E-state index contributed by atoms with van der Waals surface area (Å²) in [4.78, 5) is 11.9. The van der Waals surface area contributed by atoms with Crippen LogP contribution < -0.4 is 11.1 Å². The zero-order valence-electron chi connectivity index (χ0n) is 10.3. The Hall–Kier alpha value is -1.80. The molecule has 20 heavy (non-hydrogen) atoms. The number of ether oxygens (including phenoxy) is 1. The van der Waals surface area contributed by atoms with Crippen LogP contribution >= 0.6 is 0 Å². The van der Waals surface area contributed by atoms with Gasteiger partial charge in [-0.05, 0) is 24.6 Å². The predicted octanol–water partition coefficient (Wildman–Crippen LogP) is 1.47. The molecule has 1 amide bonds. The van der Waals surface area contributed by atoms with E-state index in [4.69, 9.17) is 10.5 Å². The highest BCUT2D eigenvalue weighted by molar-refractivity contribution is 5.99. The lowest BCUT2D eigenvalue weighted by Gasteiger charge is -2.21. The van der Waals surface area contributed by atoms with Crippen molar-refractivity contribution in [3.63, 3.8) is 0 Å². The Balaban J connectivity index is 2.22. The van der Waals surface area contributed by atoms with Crippen LogP contribution in [0.2, 0.25) is 0 Å². The average Bonchev–Trinajstić information content (AvgIpc) is 2.79. The van der Waals surface area contributed by atoms with Crippen LogP contribution in [0.4, 0.5) is 18.9 Å². The van der Waals surface area contributed by atoms with E-state index in [9.17, 15) is 23.1 Å². The van der Waals surface area contributed by atoms with Gasteiger partial charge in [0, 0.05) is 6.61 Å². The van der Waals surface area contributed by atoms with Crippen LogP contribution in [-0.4, -0.2) is 29.8 Å². The molecule has 110 valence electrons. The number of nitrogens with one attached hydrogen (secondary N) is 1. The summed E-state index contributed by atoms with van der Waals surface area (Å²) < 4.78 is 42.7. The first-order valence-electron chi connectivity index (χ1n) is 5.81. The second-order valence-corrected chi connectivity index (χ2v) is 4.64. The third-order valence-corrected chi connectivity index (χ3v) is 3.08. The molecule has 0 bridgehead atoms. The Morgan fingerprint density at radius 3 is 2.70 bits per heavy atom. The van der Waals surface area contributed by atoms with Crippen molar-refractivity contribution in [1.82, 2.24) is 0 Å². The highest BCUT2D eigenvalue weighted by atomic mass is 19.4. The number of amides is 1. The summed E-state index contributed by atoms with van der Waals surface area (Å²) in [5.41, 5.74) is 3.19. The number of alkyl halides is 3. The quantitative estimate of drug-likeness (QED) is 0.720. The molecule has 0 spiro atoms. The van der Waals surface area contributed by atoms with Crippen LogP contribution in [0.25, 0.3) is 0 Å². The third kappa shape index (κ3) is 2.86. The zero-order valence-corrected chi connectivity index (χ0v) is 10.3. The number of rotatable bonds is 2. The van der Waals surface area contributed by atoms with Crippen LogP contribution in [0.5, 0.6) is 5.75 Å². The Morgan fingerprint density at radius 2 is 2.15 bits per heavy atom. The van der Waals surface area contributed by atoms with Crippen LogP contribution in [-0.2, 0) is 15.7 Å². The van der Waals surface area contributed by atoms with Crippen molar-refractivity contribution in [3.8, 4) is 5.75 Å². The minimum Gasteiger partial charge on any atom is -0.506 e. The first-order valence-corrected chi connectivity index (χ1v) is 5.81. The van der Waals surface area contributed by atoms with Crippen molar-refractivity contribution in [2.45, 2.75) is 18.1 Å². The smallest absolute Gasteiger partial charge is 0.416 e. The average molecular weight is 290 g/mol. The largest absolute Gasteiger partial charge is 0.506 e. The molecular weight excluding hydrogens is 277 g/mol. The fraction of sp³-hybridized carbons (Fsp3) is 0.417. The normalized spacial score (nSPS) is 22.8. The number of aromatic hydroxyl groups is 1. The molecule has 0 radical (unpaired) electrons. The van der Waals surface area contributed by atoms with Gasteiger partial charge in [0.15, 0.2) is 0 Å². The van der Waals surface area contributed by atoms with Gasteiger partial charge in [0.25, 0.3) is 0 Å². The molecule has 1 unspecified atom stereocenters. The van der Waals surface area contributed by atoms with E-state index >= 15 is 0 Å². The number of hydrogen-bond acceptors (Lipinski definition) is 4. The second kappa shape index (κ2) is 4.95. The van der Waals surface area contributed by atoms with E-state index in [0.29, 0.717) is 12.7 Å². The molecule has 0 aromatic heterocycles. The van der Waals surface area contributed by atoms with Crippen molar-refractivity contribution in [2.24, 2.45) is 5.73 Å². The summed E-state index contributed by atoms with van der Waals surface area (Å²) in [5, 5.41) is 11.7. The number of phenols is 1. The Bertz CT molecular complexity index is 525. The van der Waals surface area contributed by atoms with Gasteiger partial charge in [-0.25, -0.2) is 0 Å². The minimum absolute atomic E-state index is 0.0153. The summed E-state index contributed by atoms with van der Waals surface area (Å²) in [7, 11) is 0. The maximum atomic E-state index is 12.6. The fourth-order valence-electron chi connectivity index (χ4n) is 1.82. The summed E-state index contributed by atoms with van der Waals surface area (Å²) >= 11 is 0. The molecule has 1 aromatic rings. The van der Waals surface area contributed by atoms with E-state index in [1.54, 1.807) is 0 Å². The number of phenolic OH excluding ortho intramolecular Hbond substituents is 1. The third-order valence-electron chi connectivity index (χ3n) is 3.08. The molecule has 1 aliphatic heterocycles. The lowest BCUT2D eigenvalue weighted by Crippen LogP contribution is -2.51. The van der Waals surface area contributed by atoms with Gasteiger partial charge in [0.2, 0.25) is 5.91 Å². The molecule has 1 fully saturated rings. The number of hydrogen-bond donors (Lipinski definition) is 3. The summed E-state index contributed by atoms with van der Waals surface area (Å²) in [5.74, 6) is -1.15. The lowest BCUT2D eigenvalue weighted by molar-refractivity contribution is -0.137. The molecule has 0 aliphatic carbocycles. The maximum absolute atomic E-state index is 12.6. The Labute approximate surface area is 112 Å². The number of halogens is 3. The monoisotopic (exact) mass is 290 g/mol. The standard InChI is InChI=1S/C12H13F3N2O3/c13-12(14,15)7-1-2-9(18)8(5-7)17-10(19)11(16)3-4-20-6-11/h1-2,5,18H,3-4,6,16H2,(H,17,19). The molecule has 1 saturated heterocycles. The second-order valence-electron chi connectivity index (χ2n) is 4.64. The molecule has 8 heteroatoms. The van der Waals surface area contributed by atoms with Crippen LogP contribution in [0.1, 0.15) is 12.0 Å². The summed E-state index contributed by atoms with van der Waals surface area (Å²) in [6.45, 7) is 0.289. The van der Waals surface area contributed by atoms with Crippen LogP contribution in [0.15, 0.2) is 18.2 Å². The molecule has 1 aliphatic rings. The maximum Gasteiger partial charge on any atom is 0.416 e. The van der Waals surface area contributed by atoms with Crippen LogP contribution in [0, 0.1) is 0 Å². The highest BCUT2D eigenvalue weighted by Crippen LogP contribution is 2.34. The number of nitrogens with two attached hydrogens (primary N) is 1. The number of carbonyl (C=O) groups is 1. The van der Waals surface area contributed by atoms with Crippen molar-refractivity contribution in [3.05, 3.63) is 23.8 Å². The highest BCUT2D eigenvalue weighted by Gasteiger charge is 2.39. The fourth-order valence-corrected chi connectivity index (χ4v) is 1.82. The number of benzene rings is 1.